The van der Waals surface area contributed by atoms with E-state index >= 15 is 0 Å². The molecule has 8 nitrogen and oxygen atoms in total. The van der Waals surface area contributed by atoms with Crippen LogP contribution in [-0.2, 0) is 23.8 Å². The lowest BCUT2D eigenvalue weighted by atomic mass is 10.1. The van der Waals surface area contributed by atoms with Gasteiger partial charge in [-0.25, -0.2) is 0 Å². The van der Waals surface area contributed by atoms with E-state index in [4.69, 9.17) is 14.2 Å². The Kier molecular flexibility index (Phi) is 2.92. The molecule has 0 bridgehead atoms. The zero-order valence-electron chi connectivity index (χ0n) is 8.53. The van der Waals surface area contributed by atoms with Crippen LogP contribution < -0.4 is 0 Å². The van der Waals surface area contributed by atoms with Crippen molar-refractivity contribution in [2.75, 3.05) is 13.2 Å². The number of nitrogens with zero attached hydrogens (tertiary/aromatic N) is 1. The van der Waals surface area contributed by atoms with Crippen molar-refractivity contribution in [1.29, 1.82) is 0 Å². The van der Waals surface area contributed by atoms with E-state index in [1.807, 2.05) is 0 Å². The number of carbonyl (C=O) groups excluding carboxylic acids is 1. The maximum Gasteiger partial charge on any atom is 0.303 e. The molecule has 16 heavy (non-hydrogen) atoms. The standard InChI is InChI=1S/C8H11NO7/c1-4(10)15-5-2-13-8-6(16-9(11)12)3-14-7(5)8/h5-8H,2-3H2,1H3/t5-,6-,7-,8-/m1/s1. The molecule has 0 N–H and O–H groups in total. The molecule has 2 aliphatic rings. The number of rotatable bonds is 3. The predicted octanol–water partition coefficient (Wildman–Crippen LogP) is -0.707. The van der Waals surface area contributed by atoms with Crippen LogP contribution in [0, 0.1) is 10.1 Å². The Morgan fingerprint density at radius 3 is 2.44 bits per heavy atom. The maximum atomic E-state index is 10.8. The summed E-state index contributed by atoms with van der Waals surface area (Å²) < 4.78 is 15.5. The van der Waals surface area contributed by atoms with E-state index in [0.29, 0.717) is 0 Å². The Balaban J connectivity index is 1.95. The third-order valence-corrected chi connectivity index (χ3v) is 2.50. The Labute approximate surface area is 90.5 Å². The van der Waals surface area contributed by atoms with E-state index in [-0.39, 0.29) is 13.2 Å². The van der Waals surface area contributed by atoms with Gasteiger partial charge in [-0.3, -0.25) is 4.79 Å². The van der Waals surface area contributed by atoms with Crippen LogP contribution in [0.5, 0.6) is 0 Å². The van der Waals surface area contributed by atoms with Gasteiger partial charge in [0.05, 0.1) is 13.2 Å². The molecule has 8 heteroatoms. The summed E-state index contributed by atoms with van der Waals surface area (Å²) >= 11 is 0. The summed E-state index contributed by atoms with van der Waals surface area (Å²) in [4.78, 5) is 25.4. The molecule has 0 aliphatic carbocycles. The number of hydrogen-bond donors (Lipinski definition) is 0. The molecule has 2 heterocycles. The normalized spacial score (nSPS) is 36.8. The van der Waals surface area contributed by atoms with Gasteiger partial charge in [0.25, 0.3) is 5.09 Å². The fourth-order valence-electron chi connectivity index (χ4n) is 1.94. The first kappa shape index (κ1) is 11.1. The third kappa shape index (κ3) is 2.07. The molecule has 0 saturated carbocycles. The molecule has 2 saturated heterocycles. The Morgan fingerprint density at radius 1 is 1.31 bits per heavy atom. The molecular formula is C8H11NO7. The Morgan fingerprint density at radius 2 is 1.88 bits per heavy atom. The van der Waals surface area contributed by atoms with Crippen molar-refractivity contribution in [2.24, 2.45) is 0 Å². The fourth-order valence-corrected chi connectivity index (χ4v) is 1.94. The second-order valence-electron chi connectivity index (χ2n) is 3.61. The summed E-state index contributed by atoms with van der Waals surface area (Å²) in [6.07, 6.45) is -2.29. The van der Waals surface area contributed by atoms with Gasteiger partial charge in [0.2, 0.25) is 0 Å². The lowest BCUT2D eigenvalue weighted by Crippen LogP contribution is -2.35. The third-order valence-electron chi connectivity index (χ3n) is 2.50. The second kappa shape index (κ2) is 4.22. The van der Waals surface area contributed by atoms with Gasteiger partial charge >= 0.3 is 5.97 Å². The van der Waals surface area contributed by atoms with E-state index in [2.05, 4.69) is 4.84 Å². The fraction of sp³-hybridized carbons (Fsp3) is 0.875. The Bertz CT molecular complexity index is 277. The average molecular weight is 233 g/mol. The number of carbonyl (C=O) groups is 1. The van der Waals surface area contributed by atoms with Crippen LogP contribution in [-0.4, -0.2) is 48.7 Å². The lowest BCUT2D eigenvalue weighted by molar-refractivity contribution is -0.769. The molecule has 0 aromatic carbocycles. The lowest BCUT2D eigenvalue weighted by Gasteiger charge is -2.15. The van der Waals surface area contributed by atoms with Crippen molar-refractivity contribution >= 4 is 5.97 Å². The highest BCUT2D eigenvalue weighted by Gasteiger charge is 2.50. The Hall–Kier alpha value is -1.41. The molecule has 0 aromatic rings. The zero-order valence-corrected chi connectivity index (χ0v) is 8.53. The average Bonchev–Trinajstić information content (AvgIpc) is 2.70. The summed E-state index contributed by atoms with van der Waals surface area (Å²) in [5.74, 6) is -0.434. The van der Waals surface area contributed by atoms with E-state index in [9.17, 15) is 14.9 Å². The smallest absolute Gasteiger partial charge is 0.303 e. The number of fused-ring (bicyclic) bond motifs is 1. The van der Waals surface area contributed by atoms with Gasteiger partial charge in [0.1, 0.15) is 12.2 Å². The van der Waals surface area contributed by atoms with Gasteiger partial charge in [-0.15, -0.1) is 10.1 Å². The summed E-state index contributed by atoms with van der Waals surface area (Å²) in [5, 5.41) is 9.31. The highest BCUT2D eigenvalue weighted by atomic mass is 17.0. The van der Waals surface area contributed by atoms with Crippen molar-refractivity contribution in [1.82, 2.24) is 0 Å². The molecule has 2 fully saturated rings. The van der Waals surface area contributed by atoms with Crippen LogP contribution in [0.4, 0.5) is 0 Å². The summed E-state index contributed by atoms with van der Waals surface area (Å²) in [6.45, 7) is 1.52. The first-order chi connectivity index (χ1) is 7.58. The van der Waals surface area contributed by atoms with Gasteiger partial charge in [-0.1, -0.05) is 0 Å². The topological polar surface area (TPSA) is 97.1 Å². The van der Waals surface area contributed by atoms with Gasteiger partial charge in [-0.2, -0.15) is 0 Å². The highest BCUT2D eigenvalue weighted by molar-refractivity contribution is 5.66. The van der Waals surface area contributed by atoms with Gasteiger partial charge in [0, 0.05) is 6.92 Å². The largest absolute Gasteiger partial charge is 0.457 e. The zero-order chi connectivity index (χ0) is 11.7. The molecule has 0 radical (unpaired) electrons. The maximum absolute atomic E-state index is 10.8. The molecule has 0 spiro atoms. The molecule has 2 rings (SSSR count). The van der Waals surface area contributed by atoms with Crippen LogP contribution >= 0.6 is 0 Å². The first-order valence-electron chi connectivity index (χ1n) is 4.79. The highest BCUT2D eigenvalue weighted by Crippen LogP contribution is 2.30. The quantitative estimate of drug-likeness (QED) is 0.361. The van der Waals surface area contributed by atoms with Gasteiger partial charge < -0.3 is 19.0 Å². The van der Waals surface area contributed by atoms with E-state index < -0.39 is 35.5 Å². The van der Waals surface area contributed by atoms with Gasteiger partial charge in [0.15, 0.2) is 12.2 Å². The second-order valence-corrected chi connectivity index (χ2v) is 3.61. The molecule has 90 valence electrons. The van der Waals surface area contributed by atoms with E-state index in [1.54, 1.807) is 0 Å². The number of hydrogen-bond acceptors (Lipinski definition) is 7. The summed E-state index contributed by atoms with van der Waals surface area (Å²) in [5.41, 5.74) is 0. The van der Waals surface area contributed by atoms with Crippen molar-refractivity contribution in [3.8, 4) is 0 Å². The first-order valence-corrected chi connectivity index (χ1v) is 4.79. The van der Waals surface area contributed by atoms with Crippen LogP contribution in [0.3, 0.4) is 0 Å². The summed E-state index contributed by atoms with van der Waals surface area (Å²) in [7, 11) is 0. The van der Waals surface area contributed by atoms with Crippen LogP contribution in [0.2, 0.25) is 0 Å². The van der Waals surface area contributed by atoms with Crippen LogP contribution in [0.25, 0.3) is 0 Å². The van der Waals surface area contributed by atoms with Gasteiger partial charge in [-0.05, 0) is 0 Å². The summed E-state index contributed by atoms with van der Waals surface area (Å²) in [6, 6.07) is 0. The van der Waals surface area contributed by atoms with E-state index in [1.165, 1.54) is 6.92 Å². The van der Waals surface area contributed by atoms with Crippen molar-refractivity contribution in [2.45, 2.75) is 31.3 Å². The minimum atomic E-state index is -0.876. The molecule has 0 aromatic heterocycles. The monoisotopic (exact) mass is 233 g/mol. The number of esters is 1. The van der Waals surface area contributed by atoms with Crippen molar-refractivity contribution < 1.29 is 28.9 Å². The molecule has 0 unspecified atom stereocenters. The SMILES string of the molecule is CC(=O)O[C@@H]1CO[C@H]2[C@@H]1OC[C@H]2O[N+](=O)[O-]. The van der Waals surface area contributed by atoms with Crippen LogP contribution in [0.1, 0.15) is 6.92 Å². The molecular weight excluding hydrogens is 222 g/mol. The molecule has 4 atom stereocenters. The molecule has 2 aliphatic heterocycles. The predicted molar refractivity (Wildman–Crippen MR) is 46.9 cm³/mol. The van der Waals surface area contributed by atoms with Crippen molar-refractivity contribution in [3.05, 3.63) is 10.1 Å². The number of ether oxygens (including phenoxy) is 3. The minimum absolute atomic E-state index is 0.0636. The van der Waals surface area contributed by atoms with Crippen molar-refractivity contribution in [3.63, 3.8) is 0 Å². The van der Waals surface area contributed by atoms with Crippen LogP contribution in [0.15, 0.2) is 0 Å². The molecule has 0 amide bonds. The van der Waals surface area contributed by atoms with E-state index in [0.717, 1.165) is 0 Å². The minimum Gasteiger partial charge on any atom is -0.457 e.